The molecule has 0 amide bonds. The number of hydrogen-bond acceptors (Lipinski definition) is 4. The predicted molar refractivity (Wildman–Crippen MR) is 89.0 cm³/mol. The lowest BCUT2D eigenvalue weighted by Gasteiger charge is -2.19. The van der Waals surface area contributed by atoms with Gasteiger partial charge >= 0.3 is 5.97 Å². The summed E-state index contributed by atoms with van der Waals surface area (Å²) in [6, 6.07) is 0.502. The van der Waals surface area contributed by atoms with Gasteiger partial charge in [-0.1, -0.05) is 38.5 Å². The molecule has 0 aromatic heterocycles. The van der Waals surface area contributed by atoms with Gasteiger partial charge in [-0.25, -0.2) is 0 Å². The molecule has 21 heavy (non-hydrogen) atoms. The van der Waals surface area contributed by atoms with Gasteiger partial charge in [0.25, 0.3) is 0 Å². The summed E-state index contributed by atoms with van der Waals surface area (Å²) in [6.45, 7) is 6.98. The molecule has 0 spiro atoms. The largest absolute Gasteiger partial charge is 0.481 e. The second-order valence-electron chi connectivity index (χ2n) is 7.04. The monoisotopic (exact) mass is 316 g/mol. The number of nitrogens with two attached hydrogens (primary N) is 2. The molecular formula is C15H32N2O3Si. The van der Waals surface area contributed by atoms with E-state index in [1.165, 1.54) is 0 Å². The van der Waals surface area contributed by atoms with Gasteiger partial charge < -0.3 is 16.6 Å². The fraction of sp³-hybridized carbons (Fsp3) is 0.867. The van der Waals surface area contributed by atoms with Crippen LogP contribution in [0.15, 0.2) is 0 Å². The Labute approximate surface area is 129 Å². The quantitative estimate of drug-likeness (QED) is 0.378. The van der Waals surface area contributed by atoms with Crippen LogP contribution in [0.2, 0.25) is 25.7 Å². The van der Waals surface area contributed by atoms with E-state index in [2.05, 4.69) is 19.6 Å². The smallest absolute Gasteiger partial charge is 0.306 e. The zero-order chi connectivity index (χ0) is 16.5. The summed E-state index contributed by atoms with van der Waals surface area (Å²) in [7, 11) is -1.19. The Morgan fingerprint density at radius 2 is 1.71 bits per heavy atom. The first kappa shape index (κ1) is 20.3. The average Bonchev–Trinajstić information content (AvgIpc) is 2.38. The molecule has 0 aromatic rings. The number of aliphatic carboxylic acids is 1. The van der Waals surface area contributed by atoms with E-state index in [4.69, 9.17) is 11.5 Å². The highest BCUT2D eigenvalue weighted by Gasteiger charge is 2.21. The number of rotatable bonds is 12. The van der Waals surface area contributed by atoms with Gasteiger partial charge in [0.1, 0.15) is 0 Å². The lowest BCUT2D eigenvalue weighted by Crippen LogP contribution is -2.37. The van der Waals surface area contributed by atoms with E-state index in [9.17, 15) is 14.7 Å². The first-order valence-corrected chi connectivity index (χ1v) is 11.6. The molecule has 0 heterocycles. The number of Topliss-reactive ketones (excluding diaryl/α,β-unsaturated/α-hetero) is 1. The number of hydrogen-bond donors (Lipinski definition) is 3. The van der Waals surface area contributed by atoms with Gasteiger partial charge in [0.15, 0.2) is 5.78 Å². The minimum absolute atomic E-state index is 0.00557. The summed E-state index contributed by atoms with van der Waals surface area (Å²) >= 11 is 0. The van der Waals surface area contributed by atoms with Crippen LogP contribution in [0, 0.1) is 5.92 Å². The van der Waals surface area contributed by atoms with Crippen molar-refractivity contribution in [1.82, 2.24) is 0 Å². The van der Waals surface area contributed by atoms with Crippen LogP contribution in [-0.2, 0) is 9.59 Å². The van der Waals surface area contributed by atoms with Crippen molar-refractivity contribution in [3.05, 3.63) is 0 Å². The molecule has 0 saturated carbocycles. The first-order chi connectivity index (χ1) is 9.67. The minimum Gasteiger partial charge on any atom is -0.481 e. The van der Waals surface area contributed by atoms with Gasteiger partial charge in [-0.3, -0.25) is 9.59 Å². The maximum atomic E-state index is 11.5. The highest BCUT2D eigenvalue weighted by atomic mass is 28.3. The van der Waals surface area contributed by atoms with Crippen molar-refractivity contribution in [2.24, 2.45) is 17.4 Å². The normalized spacial score (nSPS) is 14.7. The second-order valence-corrected chi connectivity index (χ2v) is 12.7. The lowest BCUT2D eigenvalue weighted by atomic mass is 9.97. The molecule has 0 aliphatic carbocycles. The van der Waals surface area contributed by atoms with Crippen molar-refractivity contribution in [3.63, 3.8) is 0 Å². The highest BCUT2D eigenvalue weighted by Crippen LogP contribution is 2.21. The number of carbonyl (C=O) groups excluding carboxylic acids is 1. The number of unbranched alkanes of at least 4 members (excludes halogenated alkanes) is 2. The minimum atomic E-state index is -1.19. The maximum Gasteiger partial charge on any atom is 0.306 e. The molecule has 5 nitrogen and oxygen atoms in total. The fourth-order valence-electron chi connectivity index (χ4n) is 2.18. The van der Waals surface area contributed by atoms with Crippen LogP contribution in [0.25, 0.3) is 0 Å². The molecule has 0 aliphatic heterocycles. The number of carboxylic acids is 1. The van der Waals surface area contributed by atoms with Gasteiger partial charge in [0.05, 0.1) is 12.0 Å². The van der Waals surface area contributed by atoms with Crippen LogP contribution < -0.4 is 11.5 Å². The van der Waals surface area contributed by atoms with E-state index < -0.39 is 20.1 Å². The van der Waals surface area contributed by atoms with Crippen LogP contribution >= 0.6 is 0 Å². The Bertz CT molecular complexity index is 329. The van der Waals surface area contributed by atoms with Gasteiger partial charge in [0, 0.05) is 21.0 Å². The lowest BCUT2D eigenvalue weighted by molar-refractivity contribution is -0.142. The van der Waals surface area contributed by atoms with Crippen molar-refractivity contribution >= 4 is 19.8 Å². The van der Waals surface area contributed by atoms with Crippen molar-refractivity contribution in [2.45, 2.75) is 70.3 Å². The summed E-state index contributed by atoms with van der Waals surface area (Å²) in [6.07, 6.45) is 4.43. The van der Waals surface area contributed by atoms with Crippen molar-refractivity contribution in [1.29, 1.82) is 0 Å². The third-order valence-electron chi connectivity index (χ3n) is 3.74. The molecular weight excluding hydrogens is 284 g/mol. The predicted octanol–water partition coefficient (Wildman–Crippen LogP) is 2.22. The Morgan fingerprint density at radius 3 is 2.19 bits per heavy atom. The summed E-state index contributed by atoms with van der Waals surface area (Å²) in [5, 5.41) is 9.25. The standard InChI is InChI=1S/C15H32N2O3Si/c1-21(2,3)10-9-12(15(19)20)7-5-4-6-8-14(18)13(17)11-16/h12-13H,4-11,16-17H2,1-3H3,(H,19,20). The number of ketones is 1. The molecule has 5 N–H and O–H groups in total. The molecule has 0 aromatic carbocycles. The van der Waals surface area contributed by atoms with E-state index in [1.54, 1.807) is 0 Å². The van der Waals surface area contributed by atoms with Crippen molar-refractivity contribution in [2.75, 3.05) is 6.54 Å². The Hall–Kier alpha value is -0.723. The number of carboxylic acid groups (broad SMARTS) is 1. The maximum absolute atomic E-state index is 11.5. The molecule has 2 atom stereocenters. The highest BCUT2D eigenvalue weighted by molar-refractivity contribution is 6.76. The molecule has 6 heteroatoms. The van der Waals surface area contributed by atoms with Gasteiger partial charge in [-0.2, -0.15) is 0 Å². The summed E-state index contributed by atoms with van der Waals surface area (Å²) in [4.78, 5) is 22.7. The third kappa shape index (κ3) is 10.6. The van der Waals surface area contributed by atoms with E-state index in [0.717, 1.165) is 31.7 Å². The molecule has 2 unspecified atom stereocenters. The van der Waals surface area contributed by atoms with Crippen LogP contribution in [0.4, 0.5) is 0 Å². The molecule has 0 fully saturated rings. The zero-order valence-corrected chi connectivity index (χ0v) is 14.7. The average molecular weight is 317 g/mol. The summed E-state index contributed by atoms with van der Waals surface area (Å²) < 4.78 is 0. The summed E-state index contributed by atoms with van der Waals surface area (Å²) in [5.74, 6) is -0.917. The van der Waals surface area contributed by atoms with Crippen LogP contribution in [-0.4, -0.2) is 37.5 Å². The van der Waals surface area contributed by atoms with E-state index in [1.807, 2.05) is 0 Å². The van der Waals surface area contributed by atoms with E-state index >= 15 is 0 Å². The second kappa shape index (κ2) is 10.1. The van der Waals surface area contributed by atoms with Crippen LogP contribution in [0.5, 0.6) is 0 Å². The number of carbonyl (C=O) groups is 2. The first-order valence-electron chi connectivity index (χ1n) is 7.88. The van der Waals surface area contributed by atoms with Gasteiger partial charge in [0.2, 0.25) is 0 Å². The van der Waals surface area contributed by atoms with Crippen molar-refractivity contribution < 1.29 is 14.7 Å². The van der Waals surface area contributed by atoms with Gasteiger partial charge in [-0.15, -0.1) is 0 Å². The van der Waals surface area contributed by atoms with Crippen LogP contribution in [0.3, 0.4) is 0 Å². The zero-order valence-electron chi connectivity index (χ0n) is 13.7. The molecule has 0 aliphatic rings. The van der Waals surface area contributed by atoms with Crippen molar-refractivity contribution in [3.8, 4) is 0 Å². The Morgan fingerprint density at radius 1 is 1.10 bits per heavy atom. The molecule has 124 valence electrons. The van der Waals surface area contributed by atoms with E-state index in [-0.39, 0.29) is 18.2 Å². The molecule has 0 radical (unpaired) electrons. The Balaban J connectivity index is 3.90. The van der Waals surface area contributed by atoms with Gasteiger partial charge in [-0.05, 0) is 19.3 Å². The van der Waals surface area contributed by atoms with Crippen LogP contribution in [0.1, 0.15) is 38.5 Å². The fourth-order valence-corrected chi connectivity index (χ4v) is 3.40. The molecule has 0 bridgehead atoms. The SMILES string of the molecule is C[Si](C)(C)CCC(CCCCCC(=O)C(N)CN)C(=O)O. The Kier molecular flexibility index (Phi) is 9.73. The topological polar surface area (TPSA) is 106 Å². The third-order valence-corrected chi connectivity index (χ3v) is 5.52. The molecule has 0 rings (SSSR count). The summed E-state index contributed by atoms with van der Waals surface area (Å²) in [5.41, 5.74) is 10.9. The van der Waals surface area contributed by atoms with E-state index in [0.29, 0.717) is 12.8 Å². The molecule has 0 saturated heterocycles.